The zero-order valence-electron chi connectivity index (χ0n) is 6.93. The van der Waals surface area contributed by atoms with Gasteiger partial charge in [-0.25, -0.2) is 0 Å². The molecule has 0 fully saturated rings. The van der Waals surface area contributed by atoms with Crippen LogP contribution in [0.1, 0.15) is 0 Å². The molecule has 0 heterocycles. The highest BCUT2D eigenvalue weighted by Crippen LogP contribution is 1.86. The normalized spacial score (nSPS) is 10.2. The van der Waals surface area contributed by atoms with Gasteiger partial charge in [-0.15, -0.1) is 11.6 Å². The number of alkyl halides is 1. The molecule has 0 aliphatic carbocycles. The van der Waals surface area contributed by atoms with Crippen LogP contribution in [0.2, 0.25) is 0 Å². The lowest BCUT2D eigenvalue weighted by Gasteiger charge is -1.93. The van der Waals surface area contributed by atoms with Crippen LogP contribution in [-0.4, -0.2) is 41.3 Å². The fourth-order valence-electron chi connectivity index (χ4n) is 0.183. The van der Waals surface area contributed by atoms with Crippen molar-refractivity contribution in [2.24, 2.45) is 0 Å². The predicted molar refractivity (Wildman–Crippen MR) is 46.5 cm³/mol. The standard InChI is InChI=1S/C3H7ClO3S.C2H7N/c1-8(5,6)7-3-2-4;1-3-2/h2-3H2,1H3;3H,1-2H3. The first kappa shape index (κ1) is 13.7. The van der Waals surface area contributed by atoms with Crippen LogP contribution in [0.4, 0.5) is 0 Å². The lowest BCUT2D eigenvalue weighted by atomic mass is 10.9. The third kappa shape index (κ3) is 25.4. The molecule has 0 bridgehead atoms. The Morgan fingerprint density at radius 2 is 1.82 bits per heavy atom. The summed E-state index contributed by atoms with van der Waals surface area (Å²) in [4.78, 5) is 0. The SMILES string of the molecule is CNC.CS(=O)(=O)OCCCl. The van der Waals surface area contributed by atoms with E-state index in [2.05, 4.69) is 9.50 Å². The summed E-state index contributed by atoms with van der Waals surface area (Å²) in [6, 6.07) is 0. The second-order valence-electron chi connectivity index (χ2n) is 1.72. The van der Waals surface area contributed by atoms with Crippen LogP contribution in [0, 0.1) is 0 Å². The van der Waals surface area contributed by atoms with Crippen LogP contribution in [0.15, 0.2) is 0 Å². The van der Waals surface area contributed by atoms with E-state index >= 15 is 0 Å². The maximum Gasteiger partial charge on any atom is 0.264 e. The molecule has 70 valence electrons. The fourth-order valence-corrected chi connectivity index (χ4v) is 0.738. The number of hydrogen-bond acceptors (Lipinski definition) is 4. The Labute approximate surface area is 73.0 Å². The molecule has 0 atom stereocenters. The van der Waals surface area contributed by atoms with Gasteiger partial charge in [-0.1, -0.05) is 0 Å². The van der Waals surface area contributed by atoms with Crippen molar-refractivity contribution in [2.75, 3.05) is 32.8 Å². The molecule has 0 unspecified atom stereocenters. The Bertz CT molecular complexity index is 157. The van der Waals surface area contributed by atoms with E-state index in [0.717, 1.165) is 6.26 Å². The van der Waals surface area contributed by atoms with Crippen molar-refractivity contribution in [3.63, 3.8) is 0 Å². The Hall–Kier alpha value is 0.160. The third-order valence-electron chi connectivity index (χ3n) is 0.375. The van der Waals surface area contributed by atoms with Crippen LogP contribution < -0.4 is 5.32 Å². The van der Waals surface area contributed by atoms with E-state index in [-0.39, 0.29) is 12.5 Å². The van der Waals surface area contributed by atoms with Gasteiger partial charge in [0.05, 0.1) is 12.9 Å². The first-order valence-electron chi connectivity index (χ1n) is 2.96. The maximum atomic E-state index is 10.1. The maximum absolute atomic E-state index is 10.1. The van der Waals surface area contributed by atoms with Gasteiger partial charge in [-0.2, -0.15) is 8.42 Å². The monoisotopic (exact) mass is 203 g/mol. The van der Waals surface area contributed by atoms with Crippen molar-refractivity contribution in [3.8, 4) is 0 Å². The average molecular weight is 204 g/mol. The molecule has 11 heavy (non-hydrogen) atoms. The molecule has 0 saturated heterocycles. The number of nitrogens with one attached hydrogen (secondary N) is 1. The minimum absolute atomic E-state index is 0.0559. The summed E-state index contributed by atoms with van der Waals surface area (Å²) >= 11 is 5.12. The molecule has 0 aromatic heterocycles. The molecule has 0 amide bonds. The molecule has 0 spiro atoms. The van der Waals surface area contributed by atoms with Crippen molar-refractivity contribution in [2.45, 2.75) is 0 Å². The van der Waals surface area contributed by atoms with Gasteiger partial charge in [0.15, 0.2) is 0 Å². The number of rotatable bonds is 3. The smallest absolute Gasteiger partial charge is 0.264 e. The van der Waals surface area contributed by atoms with Gasteiger partial charge in [-0.05, 0) is 14.1 Å². The van der Waals surface area contributed by atoms with Gasteiger partial charge < -0.3 is 5.32 Å². The van der Waals surface area contributed by atoms with E-state index in [1.54, 1.807) is 0 Å². The summed E-state index contributed by atoms with van der Waals surface area (Å²) in [6.45, 7) is 0.0559. The Balaban J connectivity index is 0. The van der Waals surface area contributed by atoms with Crippen molar-refractivity contribution in [1.29, 1.82) is 0 Å². The molecule has 0 aromatic rings. The third-order valence-corrected chi connectivity index (χ3v) is 1.12. The predicted octanol–water partition coefficient (Wildman–Crippen LogP) is 0.0370. The van der Waals surface area contributed by atoms with Crippen molar-refractivity contribution in [1.82, 2.24) is 5.32 Å². The molecule has 1 N–H and O–H groups in total. The molecule has 6 heteroatoms. The Morgan fingerprint density at radius 3 is 1.91 bits per heavy atom. The molecule has 0 rings (SSSR count). The summed E-state index contributed by atoms with van der Waals surface area (Å²) in [5.41, 5.74) is 0. The van der Waals surface area contributed by atoms with Crippen LogP contribution in [-0.2, 0) is 14.3 Å². The number of hydrogen-bond donors (Lipinski definition) is 1. The van der Waals surface area contributed by atoms with Crippen LogP contribution in [0.5, 0.6) is 0 Å². The zero-order chi connectivity index (χ0) is 9.33. The molecule has 0 radical (unpaired) electrons. The number of halogens is 1. The highest BCUT2D eigenvalue weighted by molar-refractivity contribution is 7.85. The summed E-state index contributed by atoms with van der Waals surface area (Å²) in [5.74, 6) is 0.201. The molecule has 4 nitrogen and oxygen atoms in total. The van der Waals surface area contributed by atoms with Gasteiger partial charge in [0.1, 0.15) is 0 Å². The molecule has 0 aliphatic rings. The quantitative estimate of drug-likeness (QED) is 0.520. The van der Waals surface area contributed by atoms with E-state index in [4.69, 9.17) is 11.6 Å². The minimum atomic E-state index is -3.27. The van der Waals surface area contributed by atoms with Gasteiger partial charge in [0.25, 0.3) is 10.1 Å². The minimum Gasteiger partial charge on any atom is -0.323 e. The van der Waals surface area contributed by atoms with Crippen LogP contribution in [0.25, 0.3) is 0 Å². The first-order chi connectivity index (χ1) is 4.97. The molecular weight excluding hydrogens is 190 g/mol. The van der Waals surface area contributed by atoms with Crippen molar-refractivity contribution >= 4 is 21.7 Å². The molecule has 0 aliphatic heterocycles. The van der Waals surface area contributed by atoms with E-state index in [0.29, 0.717) is 0 Å². The second kappa shape index (κ2) is 8.26. The lowest BCUT2D eigenvalue weighted by Crippen LogP contribution is -2.04. The van der Waals surface area contributed by atoms with Crippen molar-refractivity contribution in [3.05, 3.63) is 0 Å². The van der Waals surface area contributed by atoms with Gasteiger partial charge in [0.2, 0.25) is 0 Å². The molecule has 0 saturated carbocycles. The average Bonchev–Trinajstić information content (AvgIpc) is 1.84. The fraction of sp³-hybridized carbons (Fsp3) is 1.00. The highest BCUT2D eigenvalue weighted by atomic mass is 35.5. The highest BCUT2D eigenvalue weighted by Gasteiger charge is 1.97. The van der Waals surface area contributed by atoms with E-state index in [1.165, 1.54) is 0 Å². The largest absolute Gasteiger partial charge is 0.323 e. The Kier molecular flexibility index (Phi) is 10.3. The Morgan fingerprint density at radius 1 is 1.45 bits per heavy atom. The lowest BCUT2D eigenvalue weighted by molar-refractivity contribution is 0.344. The summed E-state index contributed by atoms with van der Waals surface area (Å²) in [7, 11) is 0.479. The van der Waals surface area contributed by atoms with Crippen LogP contribution >= 0.6 is 11.6 Å². The molecular formula is C5H14ClNO3S. The van der Waals surface area contributed by atoms with Crippen molar-refractivity contribution < 1.29 is 12.6 Å². The molecule has 0 aromatic carbocycles. The summed E-state index contributed by atoms with van der Waals surface area (Å²) in [6.07, 6.45) is 0.986. The second-order valence-corrected chi connectivity index (χ2v) is 3.74. The van der Waals surface area contributed by atoms with Crippen LogP contribution in [0.3, 0.4) is 0 Å². The first-order valence-corrected chi connectivity index (χ1v) is 5.32. The topological polar surface area (TPSA) is 55.4 Å². The van der Waals surface area contributed by atoms with Gasteiger partial charge in [-0.3, -0.25) is 4.18 Å². The van der Waals surface area contributed by atoms with E-state index in [9.17, 15) is 8.42 Å². The summed E-state index contributed by atoms with van der Waals surface area (Å²) in [5, 5.41) is 2.75. The summed E-state index contributed by atoms with van der Waals surface area (Å²) < 4.78 is 24.4. The zero-order valence-corrected chi connectivity index (χ0v) is 8.50. The van der Waals surface area contributed by atoms with Gasteiger partial charge >= 0.3 is 0 Å². The van der Waals surface area contributed by atoms with Gasteiger partial charge in [0, 0.05) is 5.88 Å². The van der Waals surface area contributed by atoms with E-state index in [1.807, 2.05) is 14.1 Å². The van der Waals surface area contributed by atoms with E-state index < -0.39 is 10.1 Å².